The molecule has 132 valence electrons. The topological polar surface area (TPSA) is 47.6 Å². The zero-order valence-electron chi connectivity index (χ0n) is 14.5. The predicted octanol–water partition coefficient (Wildman–Crippen LogP) is 3.24. The summed E-state index contributed by atoms with van der Waals surface area (Å²) < 4.78 is 11.5. The molecule has 2 aliphatic rings. The smallest absolute Gasteiger partial charge is 0.220 e. The molecule has 0 unspecified atom stereocenters. The zero-order chi connectivity index (χ0) is 16.7. The van der Waals surface area contributed by atoms with Crippen LogP contribution in [0.3, 0.4) is 0 Å². The van der Waals surface area contributed by atoms with E-state index < -0.39 is 0 Å². The third kappa shape index (κ3) is 5.05. The Morgan fingerprint density at radius 2 is 1.92 bits per heavy atom. The van der Waals surface area contributed by atoms with Gasteiger partial charge in [-0.15, -0.1) is 0 Å². The molecule has 1 spiro atoms. The molecule has 1 aromatic carbocycles. The number of carbonyl (C=O) groups is 1. The van der Waals surface area contributed by atoms with Gasteiger partial charge in [0.15, 0.2) is 0 Å². The monoisotopic (exact) mass is 331 g/mol. The third-order valence-electron chi connectivity index (χ3n) is 5.22. The van der Waals surface area contributed by atoms with Crippen LogP contribution in [-0.4, -0.2) is 37.4 Å². The second-order valence-electron chi connectivity index (χ2n) is 7.09. The maximum atomic E-state index is 12.2. The highest BCUT2D eigenvalue weighted by atomic mass is 16.5. The molecule has 1 N–H and O–H groups in total. The quantitative estimate of drug-likeness (QED) is 0.814. The fourth-order valence-electron chi connectivity index (χ4n) is 3.80. The number of unbranched alkanes of at least 4 members (excludes halogenated alkanes) is 1. The van der Waals surface area contributed by atoms with Gasteiger partial charge >= 0.3 is 0 Å². The molecule has 1 amide bonds. The first-order valence-electron chi connectivity index (χ1n) is 9.31. The predicted molar refractivity (Wildman–Crippen MR) is 93.9 cm³/mol. The summed E-state index contributed by atoms with van der Waals surface area (Å²) in [6, 6.07) is 10.7. The lowest BCUT2D eigenvalue weighted by Crippen LogP contribution is -2.51. The Bertz CT molecular complexity index is 505. The minimum absolute atomic E-state index is 0.0538. The lowest BCUT2D eigenvalue weighted by molar-refractivity contribution is -0.144. The minimum Gasteiger partial charge on any atom is -0.381 e. The summed E-state index contributed by atoms with van der Waals surface area (Å²) in [4.78, 5) is 12.2. The number of hydrogen-bond acceptors (Lipinski definition) is 3. The Labute approximate surface area is 144 Å². The van der Waals surface area contributed by atoms with Gasteiger partial charge < -0.3 is 14.8 Å². The minimum atomic E-state index is -0.0538. The van der Waals surface area contributed by atoms with Gasteiger partial charge in [0, 0.05) is 32.3 Å². The van der Waals surface area contributed by atoms with Gasteiger partial charge in [0.2, 0.25) is 5.91 Å². The fourth-order valence-corrected chi connectivity index (χ4v) is 3.80. The van der Waals surface area contributed by atoms with Gasteiger partial charge in [-0.3, -0.25) is 4.79 Å². The van der Waals surface area contributed by atoms with Crippen LogP contribution in [0.15, 0.2) is 30.3 Å². The van der Waals surface area contributed by atoms with Crippen LogP contribution in [0.1, 0.15) is 50.5 Å². The highest BCUT2D eigenvalue weighted by molar-refractivity contribution is 5.76. The highest BCUT2D eigenvalue weighted by Gasteiger charge is 2.39. The van der Waals surface area contributed by atoms with E-state index in [0.29, 0.717) is 6.42 Å². The number of rotatable bonds is 6. The first-order chi connectivity index (χ1) is 11.8. The molecule has 0 bridgehead atoms. The number of amides is 1. The molecule has 24 heavy (non-hydrogen) atoms. The molecular weight excluding hydrogens is 302 g/mol. The molecule has 1 atom stereocenters. The van der Waals surface area contributed by atoms with Crippen molar-refractivity contribution >= 4 is 5.91 Å². The Balaban J connectivity index is 1.35. The van der Waals surface area contributed by atoms with Gasteiger partial charge in [0.05, 0.1) is 5.60 Å². The maximum absolute atomic E-state index is 12.2. The summed E-state index contributed by atoms with van der Waals surface area (Å²) in [5, 5.41) is 3.23. The van der Waals surface area contributed by atoms with Gasteiger partial charge in [-0.05, 0) is 50.5 Å². The molecular formula is C20H29NO3. The average Bonchev–Trinajstić information content (AvgIpc) is 2.60. The highest BCUT2D eigenvalue weighted by Crippen LogP contribution is 2.34. The second-order valence-corrected chi connectivity index (χ2v) is 7.09. The van der Waals surface area contributed by atoms with Crippen LogP contribution in [0.4, 0.5) is 0 Å². The lowest BCUT2D eigenvalue weighted by Gasteiger charge is -2.43. The normalized spacial score (nSPS) is 23.1. The van der Waals surface area contributed by atoms with Crippen molar-refractivity contribution in [1.29, 1.82) is 0 Å². The molecule has 0 radical (unpaired) electrons. The van der Waals surface area contributed by atoms with Crippen LogP contribution in [0.5, 0.6) is 0 Å². The second kappa shape index (κ2) is 8.63. The van der Waals surface area contributed by atoms with E-state index >= 15 is 0 Å². The number of hydrogen-bond donors (Lipinski definition) is 1. The van der Waals surface area contributed by atoms with Crippen molar-refractivity contribution in [3.8, 4) is 0 Å². The van der Waals surface area contributed by atoms with E-state index in [-0.39, 0.29) is 17.6 Å². The number of ether oxygens (including phenoxy) is 2. The summed E-state index contributed by atoms with van der Waals surface area (Å²) >= 11 is 0. The van der Waals surface area contributed by atoms with E-state index in [1.54, 1.807) is 0 Å². The molecule has 0 saturated carbocycles. The Hall–Kier alpha value is -1.39. The Morgan fingerprint density at radius 1 is 1.12 bits per heavy atom. The molecule has 2 fully saturated rings. The van der Waals surface area contributed by atoms with Crippen molar-refractivity contribution in [1.82, 2.24) is 5.32 Å². The van der Waals surface area contributed by atoms with E-state index in [2.05, 4.69) is 29.6 Å². The fraction of sp³-hybridized carbons (Fsp3) is 0.650. The van der Waals surface area contributed by atoms with E-state index in [1.807, 2.05) is 6.07 Å². The van der Waals surface area contributed by atoms with Crippen LogP contribution in [0, 0.1) is 0 Å². The molecule has 2 saturated heterocycles. The number of aryl methyl sites for hydroxylation is 1. The molecule has 2 aliphatic heterocycles. The number of benzene rings is 1. The lowest BCUT2D eigenvalue weighted by atomic mass is 9.84. The number of nitrogens with one attached hydrogen (secondary N) is 1. The Morgan fingerprint density at radius 3 is 2.71 bits per heavy atom. The van der Waals surface area contributed by atoms with Gasteiger partial charge in [-0.2, -0.15) is 0 Å². The van der Waals surface area contributed by atoms with E-state index in [9.17, 15) is 4.79 Å². The largest absolute Gasteiger partial charge is 0.381 e. The first-order valence-corrected chi connectivity index (χ1v) is 9.31. The average molecular weight is 331 g/mol. The van der Waals surface area contributed by atoms with Crippen LogP contribution in [0.25, 0.3) is 0 Å². The molecule has 3 rings (SSSR count). The van der Waals surface area contributed by atoms with E-state index in [4.69, 9.17) is 9.47 Å². The van der Waals surface area contributed by atoms with Gasteiger partial charge in [0.1, 0.15) is 0 Å². The first kappa shape index (κ1) is 17.4. The maximum Gasteiger partial charge on any atom is 0.220 e. The van der Waals surface area contributed by atoms with Gasteiger partial charge in [-0.1, -0.05) is 30.3 Å². The van der Waals surface area contributed by atoms with Gasteiger partial charge in [0.25, 0.3) is 0 Å². The zero-order valence-corrected chi connectivity index (χ0v) is 14.5. The number of carbonyl (C=O) groups excluding carboxylic acids is 1. The molecule has 1 aromatic rings. The standard InChI is InChI=1S/C20H29NO3/c22-19(9-5-4-8-17-6-2-1-3-7-17)21-18-10-13-24-20(16-18)11-14-23-15-12-20/h1-3,6-7,18H,4-5,8-16H2,(H,21,22)/t18-/m1/s1. The van der Waals surface area contributed by atoms with Crippen LogP contribution < -0.4 is 5.32 Å². The summed E-state index contributed by atoms with van der Waals surface area (Å²) in [5.74, 6) is 0.192. The van der Waals surface area contributed by atoms with Crippen LogP contribution in [-0.2, 0) is 20.7 Å². The van der Waals surface area contributed by atoms with E-state index in [1.165, 1.54) is 5.56 Å². The molecule has 0 aromatic heterocycles. The van der Waals surface area contributed by atoms with Crippen molar-refractivity contribution in [2.75, 3.05) is 19.8 Å². The Kier molecular flexibility index (Phi) is 6.27. The van der Waals surface area contributed by atoms with Crippen LogP contribution in [0.2, 0.25) is 0 Å². The van der Waals surface area contributed by atoms with Crippen LogP contribution >= 0.6 is 0 Å². The van der Waals surface area contributed by atoms with E-state index in [0.717, 1.165) is 64.8 Å². The molecule has 0 aliphatic carbocycles. The summed E-state index contributed by atoms with van der Waals surface area (Å²) in [5.41, 5.74) is 1.30. The van der Waals surface area contributed by atoms with Crippen molar-refractivity contribution in [3.63, 3.8) is 0 Å². The van der Waals surface area contributed by atoms with Gasteiger partial charge in [-0.25, -0.2) is 0 Å². The molecule has 4 heteroatoms. The third-order valence-corrected chi connectivity index (χ3v) is 5.22. The van der Waals surface area contributed by atoms with Crippen molar-refractivity contribution in [3.05, 3.63) is 35.9 Å². The van der Waals surface area contributed by atoms with Crippen molar-refractivity contribution in [2.45, 2.75) is 63.0 Å². The van der Waals surface area contributed by atoms with Crippen molar-refractivity contribution in [2.24, 2.45) is 0 Å². The summed E-state index contributed by atoms with van der Waals surface area (Å²) in [6.45, 7) is 2.30. The summed E-state index contributed by atoms with van der Waals surface area (Å²) in [6.07, 6.45) is 7.46. The van der Waals surface area contributed by atoms with Crippen molar-refractivity contribution < 1.29 is 14.3 Å². The molecule has 2 heterocycles. The molecule has 4 nitrogen and oxygen atoms in total. The SMILES string of the molecule is O=C(CCCCc1ccccc1)N[C@@H]1CCOC2(CCOCC2)C1. The summed E-state index contributed by atoms with van der Waals surface area (Å²) in [7, 11) is 0.